The fourth-order valence-corrected chi connectivity index (χ4v) is 3.74. The molecule has 13 heavy (non-hydrogen) atoms. The highest BCUT2D eigenvalue weighted by Crippen LogP contribution is 2.23. The van der Waals surface area contributed by atoms with Crippen LogP contribution in [0.4, 0.5) is 0 Å². The summed E-state index contributed by atoms with van der Waals surface area (Å²) in [5.74, 6) is -0.758. The van der Waals surface area contributed by atoms with Crippen molar-refractivity contribution in [1.82, 2.24) is 0 Å². The monoisotopic (exact) mass is 200 g/mol. The predicted octanol–water partition coefficient (Wildman–Crippen LogP) is 3.07. The number of rotatable bonds is 4. The molecule has 1 N–H and O–H groups in total. The standard InChI is InChI=1S/C10H20O2Si/c1-6-7-9(13(3,4)5)8(2)10(11)12/h6-7H2,1-5H3,(H,11,12)/b9-8+. The first-order valence-electron chi connectivity index (χ1n) is 4.74. The highest BCUT2D eigenvalue weighted by Gasteiger charge is 2.23. The molecule has 0 radical (unpaired) electrons. The molecule has 3 heteroatoms. The highest BCUT2D eigenvalue weighted by atomic mass is 28.3. The fourth-order valence-electron chi connectivity index (χ4n) is 1.50. The van der Waals surface area contributed by atoms with Crippen molar-refractivity contribution in [1.29, 1.82) is 0 Å². The second-order valence-electron chi connectivity index (χ2n) is 4.41. The summed E-state index contributed by atoms with van der Waals surface area (Å²) in [5.41, 5.74) is 0.570. The Hall–Kier alpha value is -0.573. The molecule has 0 saturated carbocycles. The topological polar surface area (TPSA) is 37.3 Å². The third-order valence-electron chi connectivity index (χ3n) is 2.18. The van der Waals surface area contributed by atoms with E-state index in [9.17, 15) is 4.79 Å². The molecule has 0 aliphatic heterocycles. The molecule has 0 bridgehead atoms. The molecule has 0 heterocycles. The fraction of sp³-hybridized carbons (Fsp3) is 0.700. The lowest BCUT2D eigenvalue weighted by atomic mass is 10.2. The van der Waals surface area contributed by atoms with E-state index in [4.69, 9.17) is 5.11 Å². The number of aliphatic carboxylic acids is 1. The summed E-state index contributed by atoms with van der Waals surface area (Å²) in [6.07, 6.45) is 1.97. The van der Waals surface area contributed by atoms with E-state index in [1.807, 2.05) is 0 Å². The molecule has 0 aliphatic rings. The van der Waals surface area contributed by atoms with Crippen LogP contribution in [0.15, 0.2) is 10.8 Å². The van der Waals surface area contributed by atoms with Crippen molar-refractivity contribution in [2.24, 2.45) is 0 Å². The molecule has 0 fully saturated rings. The summed E-state index contributed by atoms with van der Waals surface area (Å²) in [6, 6.07) is 0. The normalized spacial score (nSPS) is 13.9. The van der Waals surface area contributed by atoms with Gasteiger partial charge in [-0.05, 0) is 13.3 Å². The van der Waals surface area contributed by atoms with E-state index in [2.05, 4.69) is 26.6 Å². The van der Waals surface area contributed by atoms with Crippen LogP contribution >= 0.6 is 0 Å². The van der Waals surface area contributed by atoms with Crippen LogP contribution in [0.3, 0.4) is 0 Å². The van der Waals surface area contributed by atoms with Crippen molar-refractivity contribution >= 4 is 14.0 Å². The van der Waals surface area contributed by atoms with E-state index in [1.165, 1.54) is 5.20 Å². The number of carbonyl (C=O) groups is 1. The second kappa shape index (κ2) is 4.60. The van der Waals surface area contributed by atoms with Crippen molar-refractivity contribution in [3.05, 3.63) is 10.8 Å². The Bertz CT molecular complexity index is 224. The molecule has 0 saturated heterocycles. The number of hydrogen-bond donors (Lipinski definition) is 1. The molecule has 0 atom stereocenters. The Morgan fingerprint density at radius 1 is 1.31 bits per heavy atom. The first-order valence-corrected chi connectivity index (χ1v) is 8.24. The quantitative estimate of drug-likeness (QED) is 0.559. The van der Waals surface area contributed by atoms with Gasteiger partial charge < -0.3 is 5.11 Å². The molecule has 76 valence electrons. The van der Waals surface area contributed by atoms with E-state index in [0.717, 1.165) is 12.8 Å². The Morgan fingerprint density at radius 2 is 1.77 bits per heavy atom. The molecule has 0 spiro atoms. The summed E-state index contributed by atoms with van der Waals surface area (Å²) in [5, 5.41) is 10.1. The minimum absolute atomic E-state index is 0.570. The SMILES string of the molecule is CCC/C(=C(/C)C(=O)O)[Si](C)(C)C. The van der Waals surface area contributed by atoms with E-state index >= 15 is 0 Å². The molecule has 0 aromatic heterocycles. The van der Waals surface area contributed by atoms with Crippen LogP contribution in [0.1, 0.15) is 26.7 Å². The lowest BCUT2D eigenvalue weighted by Crippen LogP contribution is -2.26. The van der Waals surface area contributed by atoms with Crippen molar-refractivity contribution in [3.8, 4) is 0 Å². The summed E-state index contributed by atoms with van der Waals surface area (Å²) in [4.78, 5) is 10.8. The van der Waals surface area contributed by atoms with Gasteiger partial charge in [-0.2, -0.15) is 0 Å². The highest BCUT2D eigenvalue weighted by molar-refractivity contribution is 6.83. The molecule has 0 aromatic carbocycles. The van der Waals surface area contributed by atoms with Gasteiger partial charge in [0.2, 0.25) is 0 Å². The van der Waals surface area contributed by atoms with Crippen molar-refractivity contribution in [2.45, 2.75) is 46.3 Å². The van der Waals surface area contributed by atoms with Crippen LogP contribution in [0.25, 0.3) is 0 Å². The van der Waals surface area contributed by atoms with Crippen LogP contribution in [-0.2, 0) is 4.79 Å². The van der Waals surface area contributed by atoms with Gasteiger partial charge in [0.15, 0.2) is 0 Å². The average molecular weight is 200 g/mol. The van der Waals surface area contributed by atoms with E-state index in [0.29, 0.717) is 5.57 Å². The maximum Gasteiger partial charge on any atom is 0.330 e. The van der Waals surface area contributed by atoms with E-state index in [1.54, 1.807) is 6.92 Å². The van der Waals surface area contributed by atoms with Gasteiger partial charge in [0.1, 0.15) is 0 Å². The summed E-state index contributed by atoms with van der Waals surface area (Å²) in [7, 11) is -1.43. The number of hydrogen-bond acceptors (Lipinski definition) is 1. The van der Waals surface area contributed by atoms with Gasteiger partial charge in [-0.25, -0.2) is 4.79 Å². The first-order chi connectivity index (χ1) is 5.80. The summed E-state index contributed by atoms with van der Waals surface area (Å²) in [6.45, 7) is 10.4. The lowest BCUT2D eigenvalue weighted by Gasteiger charge is -2.22. The third kappa shape index (κ3) is 3.76. The van der Waals surface area contributed by atoms with Crippen molar-refractivity contribution in [2.75, 3.05) is 0 Å². The molecule has 0 amide bonds. The van der Waals surface area contributed by atoms with Crippen LogP contribution in [0, 0.1) is 0 Å². The minimum atomic E-state index is -1.43. The Balaban J connectivity index is 5.00. The maximum atomic E-state index is 10.8. The zero-order valence-electron chi connectivity index (χ0n) is 9.27. The number of allylic oxidation sites excluding steroid dienone is 1. The Morgan fingerprint density at radius 3 is 2.00 bits per heavy atom. The van der Waals surface area contributed by atoms with Gasteiger partial charge >= 0.3 is 5.97 Å². The van der Waals surface area contributed by atoms with Gasteiger partial charge in [0, 0.05) is 5.57 Å². The van der Waals surface area contributed by atoms with Crippen molar-refractivity contribution < 1.29 is 9.90 Å². The Kier molecular flexibility index (Phi) is 4.40. The van der Waals surface area contributed by atoms with Crippen LogP contribution in [-0.4, -0.2) is 19.1 Å². The molecule has 0 aliphatic carbocycles. The molecule has 2 nitrogen and oxygen atoms in total. The Labute approximate surface area is 81.7 Å². The summed E-state index contributed by atoms with van der Waals surface area (Å²) < 4.78 is 0. The molecular weight excluding hydrogens is 180 g/mol. The van der Waals surface area contributed by atoms with Gasteiger partial charge in [0.25, 0.3) is 0 Å². The second-order valence-corrected chi connectivity index (χ2v) is 9.51. The predicted molar refractivity (Wildman–Crippen MR) is 58.6 cm³/mol. The first kappa shape index (κ1) is 12.4. The van der Waals surface area contributed by atoms with Crippen LogP contribution in [0.5, 0.6) is 0 Å². The van der Waals surface area contributed by atoms with Crippen LogP contribution in [0.2, 0.25) is 19.6 Å². The van der Waals surface area contributed by atoms with E-state index < -0.39 is 14.0 Å². The smallest absolute Gasteiger partial charge is 0.330 e. The third-order valence-corrected chi connectivity index (χ3v) is 4.61. The average Bonchev–Trinajstić information content (AvgIpc) is 1.96. The minimum Gasteiger partial charge on any atom is -0.478 e. The van der Waals surface area contributed by atoms with Gasteiger partial charge in [0.05, 0.1) is 8.07 Å². The summed E-state index contributed by atoms with van der Waals surface area (Å²) >= 11 is 0. The van der Waals surface area contributed by atoms with Crippen molar-refractivity contribution in [3.63, 3.8) is 0 Å². The largest absolute Gasteiger partial charge is 0.478 e. The number of carboxylic acids is 1. The number of carboxylic acid groups (broad SMARTS) is 1. The lowest BCUT2D eigenvalue weighted by molar-refractivity contribution is -0.132. The zero-order valence-corrected chi connectivity index (χ0v) is 10.3. The maximum absolute atomic E-state index is 10.8. The molecular formula is C10H20O2Si. The molecule has 0 aromatic rings. The zero-order chi connectivity index (χ0) is 10.6. The van der Waals surface area contributed by atoms with Crippen LogP contribution < -0.4 is 0 Å². The van der Waals surface area contributed by atoms with E-state index in [-0.39, 0.29) is 0 Å². The molecule has 0 rings (SSSR count). The van der Waals surface area contributed by atoms with Gasteiger partial charge in [-0.15, -0.1) is 0 Å². The molecule has 0 unspecified atom stereocenters. The van der Waals surface area contributed by atoms with Gasteiger partial charge in [-0.1, -0.05) is 38.2 Å². The van der Waals surface area contributed by atoms with Gasteiger partial charge in [-0.3, -0.25) is 0 Å².